The molecule has 1 aromatic heterocycles. The van der Waals surface area contributed by atoms with Crippen LogP contribution in [-0.4, -0.2) is 18.5 Å². The van der Waals surface area contributed by atoms with Gasteiger partial charge in [0.25, 0.3) is 0 Å². The average Bonchev–Trinajstić information content (AvgIpc) is 2.43. The van der Waals surface area contributed by atoms with Gasteiger partial charge in [0.1, 0.15) is 11.3 Å². The van der Waals surface area contributed by atoms with Crippen molar-refractivity contribution >= 4 is 22.9 Å². The van der Waals surface area contributed by atoms with Crippen molar-refractivity contribution in [1.29, 1.82) is 0 Å². The highest BCUT2D eigenvalue weighted by molar-refractivity contribution is 5.84. The minimum absolute atomic E-state index is 0.135. The summed E-state index contributed by atoms with van der Waals surface area (Å²) >= 11 is 0. The summed E-state index contributed by atoms with van der Waals surface area (Å²) in [6.07, 6.45) is -0.135. The Morgan fingerprint density at radius 1 is 1.27 bits per heavy atom. The Bertz CT molecular complexity index is 787. The summed E-state index contributed by atoms with van der Waals surface area (Å²) in [6.45, 7) is 4.97. The van der Waals surface area contributed by atoms with E-state index in [0.717, 1.165) is 0 Å². The van der Waals surface area contributed by atoms with Gasteiger partial charge in [0.15, 0.2) is 0 Å². The third-order valence-electron chi connectivity index (χ3n) is 3.15. The van der Waals surface area contributed by atoms with Crippen LogP contribution in [0.15, 0.2) is 27.4 Å². The first-order valence-corrected chi connectivity index (χ1v) is 6.82. The molecule has 0 saturated heterocycles. The first-order valence-electron chi connectivity index (χ1n) is 6.82. The number of esters is 2. The van der Waals surface area contributed by atoms with Gasteiger partial charge in [-0.25, -0.2) is 4.79 Å². The standard InChI is InChI=1S/C16H16O6/c1-4-20-15(18)8-13-9(2)12-6-5-11(21-10(3)17)7-14(12)22-16(13)19/h5-7H,4,8H2,1-3H3. The lowest BCUT2D eigenvalue weighted by atomic mass is 10.0. The molecule has 116 valence electrons. The second-order valence-electron chi connectivity index (χ2n) is 4.73. The highest BCUT2D eigenvalue weighted by Crippen LogP contribution is 2.24. The predicted octanol–water partition coefficient (Wildman–Crippen LogP) is 2.13. The second-order valence-corrected chi connectivity index (χ2v) is 4.73. The summed E-state index contributed by atoms with van der Waals surface area (Å²) in [5.74, 6) is -0.646. The molecule has 6 heteroatoms. The van der Waals surface area contributed by atoms with Crippen LogP contribution in [0, 0.1) is 6.92 Å². The zero-order valence-electron chi connectivity index (χ0n) is 12.6. The third kappa shape index (κ3) is 3.33. The monoisotopic (exact) mass is 304 g/mol. The van der Waals surface area contributed by atoms with Crippen LogP contribution in [0.25, 0.3) is 11.0 Å². The maximum atomic E-state index is 12.0. The summed E-state index contributed by atoms with van der Waals surface area (Å²) in [6, 6.07) is 4.75. The molecule has 22 heavy (non-hydrogen) atoms. The molecule has 0 unspecified atom stereocenters. The van der Waals surface area contributed by atoms with E-state index in [1.54, 1.807) is 26.0 Å². The fraction of sp³-hybridized carbons (Fsp3) is 0.312. The van der Waals surface area contributed by atoms with Gasteiger partial charge < -0.3 is 13.9 Å². The molecule has 0 amide bonds. The summed E-state index contributed by atoms with van der Waals surface area (Å²) in [5, 5.41) is 0.676. The zero-order valence-corrected chi connectivity index (χ0v) is 12.6. The lowest BCUT2D eigenvalue weighted by Crippen LogP contribution is -2.17. The van der Waals surface area contributed by atoms with Crippen LogP contribution in [0.2, 0.25) is 0 Å². The van der Waals surface area contributed by atoms with E-state index in [9.17, 15) is 14.4 Å². The van der Waals surface area contributed by atoms with Crippen molar-refractivity contribution in [1.82, 2.24) is 0 Å². The van der Waals surface area contributed by atoms with E-state index in [1.807, 2.05) is 0 Å². The quantitative estimate of drug-likeness (QED) is 0.489. The van der Waals surface area contributed by atoms with Gasteiger partial charge in [-0.1, -0.05) is 0 Å². The molecule has 0 fully saturated rings. The first-order chi connectivity index (χ1) is 10.4. The smallest absolute Gasteiger partial charge is 0.340 e. The van der Waals surface area contributed by atoms with Gasteiger partial charge in [0.05, 0.1) is 18.6 Å². The van der Waals surface area contributed by atoms with E-state index in [0.29, 0.717) is 22.3 Å². The number of carbonyl (C=O) groups excluding carboxylic acids is 2. The average molecular weight is 304 g/mol. The molecule has 1 aromatic carbocycles. The Morgan fingerprint density at radius 3 is 2.64 bits per heavy atom. The van der Waals surface area contributed by atoms with E-state index >= 15 is 0 Å². The van der Waals surface area contributed by atoms with Crippen LogP contribution in [0.1, 0.15) is 25.0 Å². The van der Waals surface area contributed by atoms with Crippen molar-refractivity contribution in [3.63, 3.8) is 0 Å². The number of fused-ring (bicyclic) bond motifs is 1. The van der Waals surface area contributed by atoms with Crippen LogP contribution in [0.3, 0.4) is 0 Å². The van der Waals surface area contributed by atoms with Gasteiger partial charge in [-0.15, -0.1) is 0 Å². The number of hydrogen-bond donors (Lipinski definition) is 0. The molecule has 1 heterocycles. The molecular formula is C16H16O6. The molecule has 0 spiro atoms. The van der Waals surface area contributed by atoms with Crippen LogP contribution < -0.4 is 10.4 Å². The molecule has 0 bridgehead atoms. The maximum absolute atomic E-state index is 12.0. The van der Waals surface area contributed by atoms with Gasteiger partial charge in [0.2, 0.25) is 0 Å². The van der Waals surface area contributed by atoms with Gasteiger partial charge in [-0.05, 0) is 31.5 Å². The predicted molar refractivity (Wildman–Crippen MR) is 78.9 cm³/mol. The molecule has 2 aromatic rings. The van der Waals surface area contributed by atoms with E-state index in [-0.39, 0.29) is 18.6 Å². The second kappa shape index (κ2) is 6.43. The zero-order chi connectivity index (χ0) is 16.3. The summed E-state index contributed by atoms with van der Waals surface area (Å²) in [5.41, 5.74) is 0.617. The maximum Gasteiger partial charge on any atom is 0.340 e. The van der Waals surface area contributed by atoms with E-state index < -0.39 is 17.6 Å². The van der Waals surface area contributed by atoms with Crippen LogP contribution >= 0.6 is 0 Å². The van der Waals surface area contributed by atoms with Crippen molar-refractivity contribution in [3.8, 4) is 5.75 Å². The molecule has 0 aliphatic carbocycles. The van der Waals surface area contributed by atoms with Crippen molar-refractivity contribution in [2.75, 3.05) is 6.61 Å². The molecule has 0 aliphatic heterocycles. The van der Waals surface area contributed by atoms with Crippen LogP contribution in [0.4, 0.5) is 0 Å². The molecule has 0 aliphatic rings. The lowest BCUT2D eigenvalue weighted by Gasteiger charge is -2.08. The highest BCUT2D eigenvalue weighted by Gasteiger charge is 2.16. The van der Waals surface area contributed by atoms with E-state index in [2.05, 4.69) is 0 Å². The number of rotatable bonds is 4. The Labute approximate surface area is 126 Å². The number of ether oxygens (including phenoxy) is 2. The Balaban J connectivity index is 2.47. The number of hydrogen-bond acceptors (Lipinski definition) is 6. The molecule has 0 atom stereocenters. The van der Waals surface area contributed by atoms with Gasteiger partial charge in [-0.2, -0.15) is 0 Å². The first kappa shape index (κ1) is 15.8. The Morgan fingerprint density at radius 2 is 2.00 bits per heavy atom. The minimum atomic E-state index is -0.599. The largest absolute Gasteiger partial charge is 0.466 e. The number of aryl methyl sites for hydroxylation is 1. The third-order valence-corrected chi connectivity index (χ3v) is 3.15. The van der Waals surface area contributed by atoms with Gasteiger partial charge >= 0.3 is 17.6 Å². The van der Waals surface area contributed by atoms with Crippen molar-refractivity contribution in [2.24, 2.45) is 0 Å². The fourth-order valence-corrected chi connectivity index (χ4v) is 2.16. The molecule has 2 rings (SSSR count). The molecule has 0 radical (unpaired) electrons. The fourth-order valence-electron chi connectivity index (χ4n) is 2.16. The van der Waals surface area contributed by atoms with E-state index in [1.165, 1.54) is 13.0 Å². The minimum Gasteiger partial charge on any atom is -0.466 e. The lowest BCUT2D eigenvalue weighted by molar-refractivity contribution is -0.142. The molecule has 0 saturated carbocycles. The van der Waals surface area contributed by atoms with Crippen molar-refractivity contribution in [2.45, 2.75) is 27.2 Å². The summed E-state index contributed by atoms with van der Waals surface area (Å²) in [4.78, 5) is 34.6. The number of benzene rings is 1. The summed E-state index contributed by atoms with van der Waals surface area (Å²) in [7, 11) is 0. The molecule has 6 nitrogen and oxygen atoms in total. The Hall–Kier alpha value is -2.63. The Kier molecular flexibility index (Phi) is 4.60. The van der Waals surface area contributed by atoms with Crippen molar-refractivity contribution in [3.05, 3.63) is 39.7 Å². The van der Waals surface area contributed by atoms with Gasteiger partial charge in [-0.3, -0.25) is 9.59 Å². The SMILES string of the molecule is CCOC(=O)Cc1c(C)c2ccc(OC(C)=O)cc2oc1=O. The van der Waals surface area contributed by atoms with Crippen molar-refractivity contribution < 1.29 is 23.5 Å². The van der Waals surface area contributed by atoms with Crippen LogP contribution in [0.5, 0.6) is 5.75 Å². The van der Waals surface area contributed by atoms with Gasteiger partial charge in [0, 0.05) is 18.4 Å². The van der Waals surface area contributed by atoms with E-state index in [4.69, 9.17) is 13.9 Å². The molecule has 0 N–H and O–H groups in total. The topological polar surface area (TPSA) is 82.8 Å². The normalized spacial score (nSPS) is 10.5. The molecular weight excluding hydrogens is 288 g/mol. The highest BCUT2D eigenvalue weighted by atomic mass is 16.5. The number of carbonyl (C=O) groups is 2. The van der Waals surface area contributed by atoms with Crippen LogP contribution in [-0.2, 0) is 20.7 Å². The summed E-state index contributed by atoms with van der Waals surface area (Å²) < 4.78 is 15.0.